The molecular formula is C10H11NO3. The lowest BCUT2D eigenvalue weighted by molar-refractivity contribution is -0.146. The van der Waals surface area contributed by atoms with Crippen molar-refractivity contribution in [3.63, 3.8) is 0 Å². The largest absolute Gasteiger partial charge is 0.463 e. The number of methoxy groups -OCH3 is 1. The number of ether oxygens (including phenoxy) is 1. The molecular weight excluding hydrogens is 182 g/mol. The van der Waals surface area contributed by atoms with E-state index in [9.17, 15) is 4.79 Å². The molecule has 4 heteroatoms. The Morgan fingerprint density at radius 1 is 1.79 bits per heavy atom. The second kappa shape index (κ2) is 3.97. The van der Waals surface area contributed by atoms with Gasteiger partial charge >= 0.3 is 11.5 Å². The highest BCUT2D eigenvalue weighted by molar-refractivity contribution is 5.83. The number of rotatable bonds is 3. The van der Waals surface area contributed by atoms with E-state index in [4.69, 9.17) is 11.0 Å². The van der Waals surface area contributed by atoms with Crippen LogP contribution >= 0.6 is 0 Å². The van der Waals surface area contributed by atoms with E-state index in [-0.39, 0.29) is 0 Å². The van der Waals surface area contributed by atoms with Crippen LogP contribution in [0.1, 0.15) is 19.1 Å². The van der Waals surface area contributed by atoms with E-state index in [1.807, 2.05) is 0 Å². The van der Waals surface area contributed by atoms with Crippen LogP contribution in [-0.4, -0.2) is 13.1 Å². The first-order valence-corrected chi connectivity index (χ1v) is 4.22. The van der Waals surface area contributed by atoms with Crippen molar-refractivity contribution in [2.75, 3.05) is 7.11 Å². The normalized spacial score (nSPS) is 14.1. The van der Waals surface area contributed by atoms with Gasteiger partial charge < -0.3 is 9.15 Å². The van der Waals surface area contributed by atoms with Gasteiger partial charge in [0.25, 0.3) is 0 Å². The standard InChI is InChI=1S/C10H11NO3/c1-4-10(11-2,9(12)13-3)8-6-5-7-14-8/h5-7H,4H2,1,3H3. The molecule has 4 nitrogen and oxygen atoms in total. The van der Waals surface area contributed by atoms with Gasteiger partial charge in [0.05, 0.1) is 13.4 Å². The van der Waals surface area contributed by atoms with Gasteiger partial charge in [-0.3, -0.25) is 4.85 Å². The Morgan fingerprint density at radius 2 is 2.50 bits per heavy atom. The number of nitrogens with zero attached hydrogens (tertiary/aromatic N) is 1. The Morgan fingerprint density at radius 3 is 2.86 bits per heavy atom. The molecule has 1 unspecified atom stereocenters. The molecule has 1 aromatic heterocycles. The predicted octanol–water partition coefficient (Wildman–Crippen LogP) is 1.98. The lowest BCUT2D eigenvalue weighted by Gasteiger charge is -2.14. The molecule has 0 N–H and O–H groups in total. The Kier molecular flexibility index (Phi) is 2.92. The van der Waals surface area contributed by atoms with Gasteiger partial charge in [-0.2, -0.15) is 0 Å². The summed E-state index contributed by atoms with van der Waals surface area (Å²) in [4.78, 5) is 14.8. The summed E-state index contributed by atoms with van der Waals surface area (Å²) in [7, 11) is 1.26. The fourth-order valence-electron chi connectivity index (χ4n) is 1.28. The van der Waals surface area contributed by atoms with Gasteiger partial charge in [-0.25, -0.2) is 11.4 Å². The van der Waals surface area contributed by atoms with Crippen LogP contribution in [0.15, 0.2) is 22.8 Å². The van der Waals surface area contributed by atoms with E-state index in [1.54, 1.807) is 19.1 Å². The maximum absolute atomic E-state index is 11.5. The molecule has 0 amide bonds. The van der Waals surface area contributed by atoms with Gasteiger partial charge in [0, 0.05) is 6.42 Å². The highest BCUT2D eigenvalue weighted by Gasteiger charge is 2.50. The van der Waals surface area contributed by atoms with Crippen LogP contribution in [-0.2, 0) is 15.1 Å². The van der Waals surface area contributed by atoms with Crippen LogP contribution < -0.4 is 0 Å². The molecule has 0 aliphatic heterocycles. The lowest BCUT2D eigenvalue weighted by atomic mass is 9.94. The summed E-state index contributed by atoms with van der Waals surface area (Å²) in [5.74, 6) is -0.244. The Labute approximate surface area is 82.3 Å². The van der Waals surface area contributed by atoms with Crippen molar-refractivity contribution in [2.24, 2.45) is 0 Å². The predicted molar refractivity (Wildman–Crippen MR) is 49.3 cm³/mol. The van der Waals surface area contributed by atoms with E-state index < -0.39 is 11.5 Å². The molecule has 0 spiro atoms. The third-order valence-corrected chi connectivity index (χ3v) is 2.15. The first-order chi connectivity index (χ1) is 6.71. The van der Waals surface area contributed by atoms with Gasteiger partial charge in [0.2, 0.25) is 5.76 Å². The average molecular weight is 193 g/mol. The molecule has 1 heterocycles. The Balaban J connectivity index is 3.19. The van der Waals surface area contributed by atoms with Crippen molar-refractivity contribution >= 4 is 5.97 Å². The Bertz CT molecular complexity index is 350. The van der Waals surface area contributed by atoms with Crippen molar-refractivity contribution in [1.82, 2.24) is 0 Å². The molecule has 0 saturated carbocycles. The number of carbonyl (C=O) groups excluding carboxylic acids is 1. The summed E-state index contributed by atoms with van der Waals surface area (Å²) in [6, 6.07) is 3.26. The van der Waals surface area contributed by atoms with Crippen LogP contribution in [0.2, 0.25) is 0 Å². The summed E-state index contributed by atoms with van der Waals surface area (Å²) in [5.41, 5.74) is -1.32. The molecule has 0 aromatic carbocycles. The van der Waals surface area contributed by atoms with Gasteiger partial charge in [-0.05, 0) is 12.1 Å². The van der Waals surface area contributed by atoms with E-state index in [0.29, 0.717) is 12.2 Å². The quantitative estimate of drug-likeness (QED) is 0.544. The Hall–Kier alpha value is -1.76. The first-order valence-electron chi connectivity index (χ1n) is 4.22. The number of furan rings is 1. The molecule has 0 aliphatic carbocycles. The summed E-state index contributed by atoms with van der Waals surface area (Å²) < 4.78 is 9.70. The van der Waals surface area contributed by atoms with Crippen molar-refractivity contribution in [3.05, 3.63) is 35.6 Å². The molecule has 14 heavy (non-hydrogen) atoms. The molecule has 0 aliphatic rings. The maximum atomic E-state index is 11.5. The number of esters is 1. The third kappa shape index (κ3) is 1.37. The molecule has 0 fully saturated rings. The molecule has 0 saturated heterocycles. The number of hydrogen-bond donors (Lipinski definition) is 0. The summed E-state index contributed by atoms with van der Waals surface area (Å²) in [6.07, 6.45) is 1.77. The van der Waals surface area contributed by atoms with E-state index >= 15 is 0 Å². The minimum absolute atomic E-state index is 0.330. The highest BCUT2D eigenvalue weighted by atomic mass is 16.5. The topological polar surface area (TPSA) is 43.8 Å². The average Bonchev–Trinajstić information content (AvgIpc) is 2.74. The minimum Gasteiger partial charge on any atom is -0.463 e. The smallest absolute Gasteiger partial charge is 0.401 e. The van der Waals surface area contributed by atoms with Crippen molar-refractivity contribution in [2.45, 2.75) is 18.9 Å². The third-order valence-electron chi connectivity index (χ3n) is 2.15. The van der Waals surface area contributed by atoms with Crippen LogP contribution in [0.4, 0.5) is 0 Å². The monoisotopic (exact) mass is 193 g/mol. The summed E-state index contributed by atoms with van der Waals surface area (Å²) in [5, 5.41) is 0. The first kappa shape index (κ1) is 10.3. The molecule has 1 aromatic rings. The number of carbonyl (C=O) groups is 1. The van der Waals surface area contributed by atoms with Crippen molar-refractivity contribution < 1.29 is 13.9 Å². The van der Waals surface area contributed by atoms with E-state index in [2.05, 4.69) is 9.58 Å². The number of hydrogen-bond acceptors (Lipinski definition) is 3. The SMILES string of the molecule is [C-]#[N+]C(CC)(C(=O)OC)c1ccco1. The van der Waals surface area contributed by atoms with Crippen LogP contribution in [0, 0.1) is 6.57 Å². The van der Waals surface area contributed by atoms with Crippen LogP contribution in [0.25, 0.3) is 4.85 Å². The van der Waals surface area contributed by atoms with Gasteiger partial charge in [0.1, 0.15) is 0 Å². The van der Waals surface area contributed by atoms with Crippen molar-refractivity contribution in [3.8, 4) is 0 Å². The maximum Gasteiger partial charge on any atom is 0.401 e. The minimum atomic E-state index is -1.32. The lowest BCUT2D eigenvalue weighted by Crippen LogP contribution is -2.32. The van der Waals surface area contributed by atoms with Crippen LogP contribution in [0.3, 0.4) is 0 Å². The summed E-state index contributed by atoms with van der Waals surface area (Å²) in [6.45, 7) is 8.83. The zero-order chi connectivity index (χ0) is 10.6. The highest BCUT2D eigenvalue weighted by Crippen LogP contribution is 2.31. The fourth-order valence-corrected chi connectivity index (χ4v) is 1.28. The second-order valence-electron chi connectivity index (χ2n) is 2.79. The zero-order valence-electron chi connectivity index (χ0n) is 8.11. The molecule has 1 atom stereocenters. The molecule has 0 bridgehead atoms. The molecule has 0 radical (unpaired) electrons. The summed E-state index contributed by atoms with van der Waals surface area (Å²) >= 11 is 0. The van der Waals surface area contributed by atoms with E-state index in [0.717, 1.165) is 0 Å². The molecule has 1 rings (SSSR count). The van der Waals surface area contributed by atoms with E-state index in [1.165, 1.54) is 13.4 Å². The van der Waals surface area contributed by atoms with Gasteiger partial charge in [0.15, 0.2) is 0 Å². The second-order valence-corrected chi connectivity index (χ2v) is 2.79. The van der Waals surface area contributed by atoms with Crippen molar-refractivity contribution in [1.29, 1.82) is 0 Å². The van der Waals surface area contributed by atoms with Crippen LogP contribution in [0.5, 0.6) is 0 Å². The van der Waals surface area contributed by atoms with Gasteiger partial charge in [-0.15, -0.1) is 0 Å². The zero-order valence-corrected chi connectivity index (χ0v) is 8.11. The fraction of sp³-hybridized carbons (Fsp3) is 0.400. The van der Waals surface area contributed by atoms with Gasteiger partial charge in [-0.1, -0.05) is 6.92 Å². The molecule has 74 valence electrons.